The molecular formula is C18H24F3N3O6S2. The Bertz CT molecular complexity index is 923. The van der Waals surface area contributed by atoms with Gasteiger partial charge in [-0.3, -0.25) is 14.9 Å². The number of hydrogen-bond acceptors (Lipinski definition) is 7. The molecule has 1 aromatic carbocycles. The van der Waals surface area contributed by atoms with E-state index >= 15 is 0 Å². The van der Waals surface area contributed by atoms with Gasteiger partial charge in [-0.05, 0) is 50.5 Å². The third-order valence-electron chi connectivity index (χ3n) is 3.68. The Morgan fingerprint density at radius 3 is 2.41 bits per heavy atom. The quantitative estimate of drug-likeness (QED) is 0.419. The first-order valence-corrected chi connectivity index (χ1v) is 12.1. The zero-order valence-electron chi connectivity index (χ0n) is 17.5. The SMILES string of the molecule is CSCC[C@H](NS(=O)(=O)c1cccc(C(F)(F)F)c1)C(=O)OCC(=O)NC(=O)NC(C)C. The van der Waals surface area contributed by atoms with Crippen molar-refractivity contribution in [3.63, 3.8) is 0 Å². The van der Waals surface area contributed by atoms with E-state index in [-0.39, 0.29) is 12.5 Å². The van der Waals surface area contributed by atoms with Crippen LogP contribution in [0.5, 0.6) is 0 Å². The van der Waals surface area contributed by atoms with E-state index in [4.69, 9.17) is 4.74 Å². The molecule has 1 aromatic rings. The smallest absolute Gasteiger partial charge is 0.416 e. The maximum Gasteiger partial charge on any atom is 0.416 e. The number of thioether (sulfide) groups is 1. The summed E-state index contributed by atoms with van der Waals surface area (Å²) in [4.78, 5) is 34.8. The summed E-state index contributed by atoms with van der Waals surface area (Å²) in [6.45, 7) is 2.47. The van der Waals surface area contributed by atoms with Gasteiger partial charge in [0.2, 0.25) is 10.0 Å². The van der Waals surface area contributed by atoms with Crippen LogP contribution in [0.3, 0.4) is 0 Å². The highest BCUT2D eigenvalue weighted by atomic mass is 32.2. The predicted octanol–water partition coefficient (Wildman–Crippen LogP) is 1.88. The number of alkyl halides is 3. The molecule has 0 saturated carbocycles. The van der Waals surface area contributed by atoms with E-state index in [2.05, 4.69) is 5.32 Å². The van der Waals surface area contributed by atoms with Crippen molar-refractivity contribution in [1.29, 1.82) is 0 Å². The summed E-state index contributed by atoms with van der Waals surface area (Å²) in [5.74, 6) is -1.75. The first-order valence-electron chi connectivity index (χ1n) is 9.21. The van der Waals surface area contributed by atoms with Crippen LogP contribution >= 0.6 is 11.8 Å². The minimum Gasteiger partial charge on any atom is -0.454 e. The number of benzene rings is 1. The van der Waals surface area contributed by atoms with Gasteiger partial charge < -0.3 is 10.1 Å². The number of imide groups is 1. The van der Waals surface area contributed by atoms with E-state index in [1.54, 1.807) is 20.1 Å². The van der Waals surface area contributed by atoms with E-state index in [1.165, 1.54) is 11.8 Å². The molecule has 180 valence electrons. The minimum absolute atomic E-state index is 0.0480. The van der Waals surface area contributed by atoms with Crippen LogP contribution in [0.1, 0.15) is 25.8 Å². The zero-order valence-corrected chi connectivity index (χ0v) is 19.1. The Morgan fingerprint density at radius 2 is 1.84 bits per heavy atom. The Labute approximate surface area is 187 Å². The molecule has 0 heterocycles. The molecule has 0 saturated heterocycles. The van der Waals surface area contributed by atoms with E-state index < -0.39 is 57.2 Å². The van der Waals surface area contributed by atoms with Gasteiger partial charge >= 0.3 is 18.2 Å². The van der Waals surface area contributed by atoms with Crippen LogP contribution in [0.2, 0.25) is 0 Å². The number of halogens is 3. The molecule has 0 radical (unpaired) electrons. The number of hydrogen-bond donors (Lipinski definition) is 3. The summed E-state index contributed by atoms with van der Waals surface area (Å²) in [6, 6.07) is 0.539. The highest BCUT2D eigenvalue weighted by Crippen LogP contribution is 2.30. The molecule has 1 atom stereocenters. The molecule has 0 unspecified atom stereocenters. The lowest BCUT2D eigenvalue weighted by Crippen LogP contribution is -2.46. The fraction of sp³-hybridized carbons (Fsp3) is 0.500. The van der Waals surface area contributed by atoms with Crippen molar-refractivity contribution in [2.75, 3.05) is 18.6 Å². The van der Waals surface area contributed by atoms with Crippen molar-refractivity contribution < 1.29 is 40.7 Å². The second-order valence-electron chi connectivity index (χ2n) is 6.76. The average molecular weight is 500 g/mol. The van der Waals surface area contributed by atoms with Gasteiger partial charge in [0.1, 0.15) is 6.04 Å². The second kappa shape index (κ2) is 12.1. The van der Waals surface area contributed by atoms with E-state index in [0.29, 0.717) is 17.9 Å². The number of esters is 1. The number of carbonyl (C=O) groups is 3. The molecule has 3 N–H and O–H groups in total. The van der Waals surface area contributed by atoms with Crippen molar-refractivity contribution in [3.05, 3.63) is 29.8 Å². The lowest BCUT2D eigenvalue weighted by atomic mass is 10.2. The molecule has 0 aliphatic heterocycles. The highest BCUT2D eigenvalue weighted by molar-refractivity contribution is 7.98. The normalized spacial score (nSPS) is 12.8. The van der Waals surface area contributed by atoms with E-state index in [1.807, 2.05) is 10.0 Å². The van der Waals surface area contributed by atoms with Gasteiger partial charge in [0, 0.05) is 6.04 Å². The lowest BCUT2D eigenvalue weighted by Gasteiger charge is -2.18. The molecule has 0 spiro atoms. The topological polar surface area (TPSA) is 131 Å². The van der Waals surface area contributed by atoms with Crippen molar-refractivity contribution in [2.45, 2.75) is 43.4 Å². The highest BCUT2D eigenvalue weighted by Gasteiger charge is 2.33. The van der Waals surface area contributed by atoms with Gasteiger partial charge in [0.05, 0.1) is 10.5 Å². The molecule has 0 aliphatic carbocycles. The summed E-state index contributed by atoms with van der Waals surface area (Å²) in [5.41, 5.74) is -1.17. The van der Waals surface area contributed by atoms with Crippen LogP contribution in [0.25, 0.3) is 0 Å². The number of nitrogens with one attached hydrogen (secondary N) is 3. The van der Waals surface area contributed by atoms with Crippen LogP contribution in [-0.4, -0.2) is 57.0 Å². The number of rotatable bonds is 10. The van der Waals surface area contributed by atoms with Gasteiger partial charge in [-0.2, -0.15) is 29.7 Å². The van der Waals surface area contributed by atoms with Crippen molar-refractivity contribution in [1.82, 2.24) is 15.4 Å². The lowest BCUT2D eigenvalue weighted by molar-refractivity contribution is -0.150. The van der Waals surface area contributed by atoms with Crippen LogP contribution in [0.15, 0.2) is 29.2 Å². The first-order chi connectivity index (χ1) is 14.8. The van der Waals surface area contributed by atoms with Crippen molar-refractivity contribution in [2.24, 2.45) is 0 Å². The summed E-state index contributed by atoms with van der Waals surface area (Å²) in [7, 11) is -4.51. The van der Waals surface area contributed by atoms with Crippen LogP contribution in [-0.2, 0) is 30.5 Å². The third kappa shape index (κ3) is 9.44. The first kappa shape index (κ1) is 27.7. The monoisotopic (exact) mass is 499 g/mol. The molecule has 0 aliphatic rings. The molecule has 0 fully saturated rings. The molecule has 1 rings (SSSR count). The predicted molar refractivity (Wildman–Crippen MR) is 111 cm³/mol. The second-order valence-corrected chi connectivity index (χ2v) is 9.46. The molecular weight excluding hydrogens is 475 g/mol. The summed E-state index contributed by atoms with van der Waals surface area (Å²) in [6.07, 6.45) is -3.10. The van der Waals surface area contributed by atoms with Crippen LogP contribution < -0.4 is 15.4 Å². The van der Waals surface area contributed by atoms with Crippen molar-refractivity contribution in [3.8, 4) is 0 Å². The fourth-order valence-corrected chi connectivity index (χ4v) is 3.99. The summed E-state index contributed by atoms with van der Waals surface area (Å²) >= 11 is 1.29. The van der Waals surface area contributed by atoms with Crippen LogP contribution in [0.4, 0.5) is 18.0 Å². The van der Waals surface area contributed by atoms with Crippen LogP contribution in [0, 0.1) is 0 Å². The van der Waals surface area contributed by atoms with Gasteiger partial charge in [0.15, 0.2) is 6.61 Å². The molecule has 14 heteroatoms. The van der Waals surface area contributed by atoms with Gasteiger partial charge in [0.25, 0.3) is 5.91 Å². The standard InChI is InChI=1S/C18H24F3N3O6S2/c1-11(2)22-17(27)23-15(25)10-30-16(26)14(7-8-31-3)24-32(28,29)13-6-4-5-12(9-13)18(19,20)21/h4-6,9,11,14,24H,7-8,10H2,1-3H3,(H2,22,23,25,27)/t14-/m0/s1. The molecule has 0 bridgehead atoms. The Kier molecular flexibility index (Phi) is 10.4. The molecule has 0 aromatic heterocycles. The van der Waals surface area contributed by atoms with Crippen molar-refractivity contribution >= 4 is 39.7 Å². The molecule has 9 nitrogen and oxygen atoms in total. The average Bonchev–Trinajstić information content (AvgIpc) is 2.68. The minimum atomic E-state index is -4.75. The number of amides is 3. The summed E-state index contributed by atoms with van der Waals surface area (Å²) in [5, 5.41) is 4.32. The number of carbonyl (C=O) groups excluding carboxylic acids is 3. The van der Waals surface area contributed by atoms with Gasteiger partial charge in [-0.25, -0.2) is 13.2 Å². The number of urea groups is 1. The van der Waals surface area contributed by atoms with E-state index in [0.717, 1.165) is 12.1 Å². The largest absolute Gasteiger partial charge is 0.454 e. The Morgan fingerprint density at radius 1 is 1.19 bits per heavy atom. The Hall–Kier alpha value is -2.32. The number of sulfonamides is 1. The molecule has 32 heavy (non-hydrogen) atoms. The van der Waals surface area contributed by atoms with Gasteiger partial charge in [-0.15, -0.1) is 0 Å². The Balaban J connectivity index is 2.88. The molecule has 3 amide bonds. The fourth-order valence-electron chi connectivity index (χ4n) is 2.25. The zero-order chi connectivity index (χ0) is 24.5. The summed E-state index contributed by atoms with van der Waals surface area (Å²) < 4.78 is 70.6. The van der Waals surface area contributed by atoms with Gasteiger partial charge in [-0.1, -0.05) is 6.07 Å². The number of ether oxygens (including phenoxy) is 1. The maximum absolute atomic E-state index is 12.9. The third-order valence-corrected chi connectivity index (χ3v) is 5.80. The van der Waals surface area contributed by atoms with E-state index in [9.17, 15) is 36.0 Å². The maximum atomic E-state index is 12.9.